The maximum Gasteiger partial charge on any atom is 0.490 e. The molecular formula is C18H21F7N2O5. The number of benzene rings is 1. The normalized spacial score (nSPS) is 19.6. The molecule has 1 saturated heterocycles. The van der Waals surface area contributed by atoms with Crippen molar-refractivity contribution in [2.75, 3.05) is 19.8 Å². The van der Waals surface area contributed by atoms with E-state index < -0.39 is 47.3 Å². The Hall–Kier alpha value is -2.45. The Labute approximate surface area is 177 Å². The van der Waals surface area contributed by atoms with Gasteiger partial charge in [-0.3, -0.25) is 4.79 Å². The predicted molar refractivity (Wildman–Crippen MR) is 94.9 cm³/mol. The van der Waals surface area contributed by atoms with Crippen molar-refractivity contribution in [2.45, 2.75) is 43.9 Å². The van der Waals surface area contributed by atoms with Crippen molar-refractivity contribution in [3.8, 4) is 0 Å². The van der Waals surface area contributed by atoms with Gasteiger partial charge in [0.25, 0.3) is 5.91 Å². The maximum absolute atomic E-state index is 13.3. The van der Waals surface area contributed by atoms with E-state index in [-0.39, 0.29) is 31.4 Å². The summed E-state index contributed by atoms with van der Waals surface area (Å²) >= 11 is 0. The summed E-state index contributed by atoms with van der Waals surface area (Å²) in [7, 11) is 0. The smallest absolute Gasteiger partial charge is 0.475 e. The van der Waals surface area contributed by atoms with Gasteiger partial charge >= 0.3 is 18.3 Å². The highest BCUT2D eigenvalue weighted by atomic mass is 19.4. The van der Waals surface area contributed by atoms with Gasteiger partial charge in [0.15, 0.2) is 0 Å². The number of carboxylic acid groups (broad SMARTS) is 1. The van der Waals surface area contributed by atoms with E-state index in [9.17, 15) is 35.5 Å². The molecule has 0 aromatic heterocycles. The van der Waals surface area contributed by atoms with Gasteiger partial charge in [0, 0.05) is 6.54 Å². The molecule has 0 aliphatic carbocycles. The fraction of sp³-hybridized carbons (Fsp3) is 0.556. The molecule has 1 aliphatic rings. The summed E-state index contributed by atoms with van der Waals surface area (Å²) in [4.78, 5) is 21.2. The van der Waals surface area contributed by atoms with E-state index in [1.165, 1.54) is 13.8 Å². The number of hydrogen-bond acceptors (Lipinski definition) is 5. The van der Waals surface area contributed by atoms with Crippen molar-refractivity contribution in [3.05, 3.63) is 35.1 Å². The zero-order valence-electron chi connectivity index (χ0n) is 16.8. The Kier molecular flexibility index (Phi) is 9.00. The van der Waals surface area contributed by atoms with Crippen LogP contribution in [0.2, 0.25) is 0 Å². The standard InChI is InChI=1S/C16H20F4N2O3.C2HF3O2/c1-15(2,11-4-3-9(17)5-12(11)16(18,19)20)22-14(24)13-6-21-10(7-23)8-25-13;3-2(4,5)1(6)7/h3-5,10,13,21,23H,6-8H2,1-2H3,(H,22,24);(H,6,7)/t10-,13+;/m1./s1. The van der Waals surface area contributed by atoms with E-state index in [0.29, 0.717) is 6.07 Å². The number of aliphatic hydroxyl groups excluding tert-OH is 1. The number of carboxylic acids is 1. The second kappa shape index (κ2) is 10.4. The highest BCUT2D eigenvalue weighted by Gasteiger charge is 2.40. The van der Waals surface area contributed by atoms with Crippen LogP contribution in [0.1, 0.15) is 25.0 Å². The second-order valence-electron chi connectivity index (χ2n) is 7.21. The van der Waals surface area contributed by atoms with Gasteiger partial charge in [0.1, 0.15) is 11.9 Å². The number of alkyl halides is 6. The first kappa shape index (κ1) is 27.6. The third kappa shape index (κ3) is 7.91. The summed E-state index contributed by atoms with van der Waals surface area (Å²) in [5, 5.41) is 21.5. The molecule has 1 amide bonds. The summed E-state index contributed by atoms with van der Waals surface area (Å²) in [6.07, 6.45) is -10.7. The molecule has 32 heavy (non-hydrogen) atoms. The predicted octanol–water partition coefficient (Wildman–Crippen LogP) is 2.18. The van der Waals surface area contributed by atoms with Crippen LogP contribution in [-0.4, -0.2) is 60.2 Å². The number of amides is 1. The van der Waals surface area contributed by atoms with Crippen LogP contribution in [0.15, 0.2) is 18.2 Å². The summed E-state index contributed by atoms with van der Waals surface area (Å²) in [6, 6.07) is 2.06. The molecule has 2 rings (SSSR count). The molecule has 0 saturated carbocycles. The molecule has 1 fully saturated rings. The lowest BCUT2D eigenvalue weighted by molar-refractivity contribution is -0.192. The van der Waals surface area contributed by atoms with E-state index in [4.69, 9.17) is 19.7 Å². The maximum atomic E-state index is 13.3. The average Bonchev–Trinajstić information content (AvgIpc) is 2.66. The van der Waals surface area contributed by atoms with E-state index in [2.05, 4.69) is 10.6 Å². The van der Waals surface area contributed by atoms with Crippen molar-refractivity contribution < 1.29 is 55.3 Å². The average molecular weight is 478 g/mol. The fourth-order valence-electron chi connectivity index (χ4n) is 2.66. The zero-order valence-corrected chi connectivity index (χ0v) is 16.8. The number of carbonyl (C=O) groups is 2. The fourth-order valence-corrected chi connectivity index (χ4v) is 2.66. The van der Waals surface area contributed by atoms with Crippen LogP contribution < -0.4 is 10.6 Å². The number of nitrogens with one attached hydrogen (secondary N) is 2. The van der Waals surface area contributed by atoms with E-state index in [1.807, 2.05) is 0 Å². The first-order chi connectivity index (χ1) is 14.5. The second-order valence-corrected chi connectivity index (χ2v) is 7.21. The number of aliphatic carboxylic acids is 1. The summed E-state index contributed by atoms with van der Waals surface area (Å²) in [5.41, 5.74) is -2.78. The highest BCUT2D eigenvalue weighted by Crippen LogP contribution is 2.37. The van der Waals surface area contributed by atoms with Crippen LogP contribution in [0.3, 0.4) is 0 Å². The van der Waals surface area contributed by atoms with Crippen LogP contribution in [0.5, 0.6) is 0 Å². The van der Waals surface area contributed by atoms with E-state index in [1.54, 1.807) is 0 Å². The first-order valence-corrected chi connectivity index (χ1v) is 8.94. The minimum absolute atomic E-state index is 0.110. The lowest BCUT2D eigenvalue weighted by atomic mass is 9.89. The van der Waals surface area contributed by atoms with Crippen molar-refractivity contribution in [3.63, 3.8) is 0 Å². The van der Waals surface area contributed by atoms with Crippen molar-refractivity contribution in [2.24, 2.45) is 0 Å². The van der Waals surface area contributed by atoms with Crippen LogP contribution in [0.25, 0.3) is 0 Å². The van der Waals surface area contributed by atoms with Gasteiger partial charge in [-0.05, 0) is 31.5 Å². The molecule has 4 N–H and O–H groups in total. The van der Waals surface area contributed by atoms with Crippen LogP contribution in [0.4, 0.5) is 30.7 Å². The number of ether oxygens (including phenoxy) is 1. The van der Waals surface area contributed by atoms with Crippen LogP contribution in [0, 0.1) is 5.82 Å². The van der Waals surface area contributed by atoms with E-state index in [0.717, 1.165) is 12.1 Å². The molecular weight excluding hydrogens is 457 g/mol. The van der Waals surface area contributed by atoms with Crippen molar-refractivity contribution >= 4 is 11.9 Å². The molecule has 0 spiro atoms. The van der Waals surface area contributed by atoms with Gasteiger partial charge in [0.2, 0.25) is 0 Å². The van der Waals surface area contributed by atoms with Gasteiger partial charge < -0.3 is 25.6 Å². The molecule has 1 heterocycles. The molecule has 0 unspecified atom stereocenters. The zero-order chi connectivity index (χ0) is 24.9. The Bertz CT molecular complexity index is 804. The summed E-state index contributed by atoms with van der Waals surface area (Å²) in [6.45, 7) is 2.90. The van der Waals surface area contributed by atoms with Gasteiger partial charge in [0.05, 0.1) is 30.4 Å². The molecule has 1 aromatic rings. The van der Waals surface area contributed by atoms with Gasteiger partial charge in [-0.25, -0.2) is 9.18 Å². The van der Waals surface area contributed by atoms with Gasteiger partial charge in [-0.2, -0.15) is 26.3 Å². The number of carbonyl (C=O) groups excluding carboxylic acids is 1. The quantitative estimate of drug-likeness (QED) is 0.495. The third-order valence-electron chi connectivity index (χ3n) is 4.24. The lowest BCUT2D eigenvalue weighted by Gasteiger charge is -2.34. The van der Waals surface area contributed by atoms with Gasteiger partial charge in [-0.15, -0.1) is 0 Å². The minimum Gasteiger partial charge on any atom is -0.475 e. The number of aliphatic hydroxyl groups is 1. The summed E-state index contributed by atoms with van der Waals surface area (Å²) < 4.78 is 89.9. The minimum atomic E-state index is -5.08. The molecule has 7 nitrogen and oxygen atoms in total. The number of morpholine rings is 1. The van der Waals surface area contributed by atoms with Crippen molar-refractivity contribution in [1.82, 2.24) is 10.6 Å². The highest BCUT2D eigenvalue weighted by molar-refractivity contribution is 5.82. The molecule has 14 heteroatoms. The molecule has 1 aliphatic heterocycles. The molecule has 182 valence electrons. The van der Waals surface area contributed by atoms with Crippen LogP contribution in [-0.2, 0) is 26.0 Å². The Morgan fingerprint density at radius 1 is 1.16 bits per heavy atom. The number of rotatable bonds is 4. The molecule has 0 bridgehead atoms. The van der Waals surface area contributed by atoms with Gasteiger partial charge in [-0.1, -0.05) is 6.07 Å². The Balaban J connectivity index is 0.000000633. The monoisotopic (exact) mass is 478 g/mol. The third-order valence-corrected chi connectivity index (χ3v) is 4.24. The molecule has 2 atom stereocenters. The summed E-state index contributed by atoms with van der Waals surface area (Å²) in [5.74, 6) is -4.35. The SMILES string of the molecule is CC(C)(NC(=O)[C@@H]1CN[C@H](CO)CO1)c1ccc(F)cc1C(F)(F)F.O=C(O)C(F)(F)F. The van der Waals surface area contributed by atoms with Crippen LogP contribution >= 0.6 is 0 Å². The largest absolute Gasteiger partial charge is 0.490 e. The van der Waals surface area contributed by atoms with Crippen molar-refractivity contribution in [1.29, 1.82) is 0 Å². The van der Waals surface area contributed by atoms with E-state index >= 15 is 0 Å². The lowest BCUT2D eigenvalue weighted by Crippen LogP contribution is -2.56. The molecule has 1 aromatic carbocycles. The first-order valence-electron chi connectivity index (χ1n) is 8.94. The molecule has 0 radical (unpaired) electrons. The topological polar surface area (TPSA) is 108 Å². The Morgan fingerprint density at radius 2 is 1.72 bits per heavy atom. The Morgan fingerprint density at radius 3 is 2.12 bits per heavy atom. The number of halogens is 7. The number of hydrogen-bond donors (Lipinski definition) is 4.